The van der Waals surface area contributed by atoms with Gasteiger partial charge in [-0.15, -0.1) is 11.3 Å². The first-order chi connectivity index (χ1) is 14.9. The maximum Gasteiger partial charge on any atom is 0.244 e. The molecule has 0 unspecified atom stereocenters. The molecular weight excluding hydrogens is 473 g/mol. The number of hydrogen-bond acceptors (Lipinski definition) is 5. The topological polar surface area (TPSA) is 53.5 Å². The molecule has 4 rings (SSSR count). The second-order valence-electron chi connectivity index (χ2n) is 7.43. The molecule has 0 aliphatic carbocycles. The van der Waals surface area contributed by atoms with E-state index in [2.05, 4.69) is 41.5 Å². The maximum atomic E-state index is 13.0. The lowest BCUT2D eigenvalue weighted by Gasteiger charge is -2.33. The van der Waals surface area contributed by atoms with Crippen LogP contribution >= 0.6 is 34.5 Å². The van der Waals surface area contributed by atoms with Gasteiger partial charge in [-0.1, -0.05) is 60.8 Å². The number of rotatable bonds is 6. The van der Waals surface area contributed by atoms with Crippen LogP contribution in [0.25, 0.3) is 11.3 Å². The van der Waals surface area contributed by atoms with Crippen molar-refractivity contribution < 1.29 is 8.42 Å². The van der Waals surface area contributed by atoms with Crippen LogP contribution in [-0.2, 0) is 16.4 Å². The first-order valence-electron chi connectivity index (χ1n) is 10.1. The summed E-state index contributed by atoms with van der Waals surface area (Å²) in [5.74, 6) is 0. The van der Waals surface area contributed by atoms with E-state index in [1.165, 1.54) is 22.0 Å². The van der Waals surface area contributed by atoms with E-state index in [4.69, 9.17) is 28.2 Å². The standard InChI is InChI=1S/C22H23Cl2N3O2S2/c1-2-3-16-4-6-17(7-5-16)20-15-30-22(25-20)26-10-12-27(13-11-26)31(28,29)21-9-8-18(23)14-19(21)24/h4-9,14-15H,2-3,10-13H2,1H3. The van der Waals surface area contributed by atoms with E-state index in [0.717, 1.165) is 29.2 Å². The highest BCUT2D eigenvalue weighted by Crippen LogP contribution is 2.31. The minimum absolute atomic E-state index is 0.0927. The molecule has 1 aromatic heterocycles. The van der Waals surface area contributed by atoms with Gasteiger partial charge in [0.1, 0.15) is 4.90 Å². The second kappa shape index (κ2) is 9.46. The fourth-order valence-electron chi connectivity index (χ4n) is 3.62. The van der Waals surface area contributed by atoms with Crippen LogP contribution in [0.1, 0.15) is 18.9 Å². The van der Waals surface area contributed by atoms with Gasteiger partial charge in [0.15, 0.2) is 5.13 Å². The molecule has 0 radical (unpaired) electrons. The predicted molar refractivity (Wildman–Crippen MR) is 129 cm³/mol. The van der Waals surface area contributed by atoms with Crippen LogP contribution in [0.15, 0.2) is 52.7 Å². The van der Waals surface area contributed by atoms with Gasteiger partial charge < -0.3 is 4.90 Å². The van der Waals surface area contributed by atoms with Crippen molar-refractivity contribution in [2.45, 2.75) is 24.7 Å². The third-order valence-corrected chi connectivity index (χ3v) is 8.82. The highest BCUT2D eigenvalue weighted by atomic mass is 35.5. The molecule has 0 spiro atoms. The van der Waals surface area contributed by atoms with Gasteiger partial charge in [-0.3, -0.25) is 0 Å². The van der Waals surface area contributed by atoms with E-state index in [0.29, 0.717) is 31.2 Å². The first kappa shape index (κ1) is 22.6. The lowest BCUT2D eigenvalue weighted by Crippen LogP contribution is -2.48. The minimum atomic E-state index is -3.66. The Morgan fingerprint density at radius 3 is 2.39 bits per heavy atom. The summed E-state index contributed by atoms with van der Waals surface area (Å²) in [5.41, 5.74) is 3.38. The normalized spacial score (nSPS) is 15.4. The Balaban J connectivity index is 1.43. The summed E-state index contributed by atoms with van der Waals surface area (Å²) in [4.78, 5) is 7.02. The molecule has 0 saturated carbocycles. The number of benzene rings is 2. The number of anilines is 1. The Labute approximate surface area is 197 Å². The summed E-state index contributed by atoms with van der Waals surface area (Å²) in [5, 5.41) is 3.52. The molecule has 31 heavy (non-hydrogen) atoms. The fourth-order valence-corrected chi connectivity index (χ4v) is 6.67. The van der Waals surface area contributed by atoms with Gasteiger partial charge in [-0.05, 0) is 30.2 Å². The molecule has 9 heteroatoms. The van der Waals surface area contributed by atoms with E-state index < -0.39 is 10.0 Å². The van der Waals surface area contributed by atoms with Gasteiger partial charge in [-0.25, -0.2) is 13.4 Å². The van der Waals surface area contributed by atoms with Crippen molar-refractivity contribution in [1.29, 1.82) is 0 Å². The second-order valence-corrected chi connectivity index (χ2v) is 11.0. The van der Waals surface area contributed by atoms with E-state index in [-0.39, 0.29) is 9.92 Å². The SMILES string of the molecule is CCCc1ccc(-c2csc(N3CCN(S(=O)(=O)c4ccc(Cl)cc4Cl)CC3)n2)cc1. The smallest absolute Gasteiger partial charge is 0.244 e. The first-order valence-corrected chi connectivity index (χ1v) is 13.2. The van der Waals surface area contributed by atoms with Crippen LogP contribution in [0.4, 0.5) is 5.13 Å². The Hall–Kier alpha value is -1.64. The number of nitrogens with zero attached hydrogens (tertiary/aromatic N) is 3. The van der Waals surface area contributed by atoms with Crippen molar-refractivity contribution in [3.05, 3.63) is 63.5 Å². The van der Waals surface area contributed by atoms with Crippen LogP contribution < -0.4 is 4.90 Å². The van der Waals surface area contributed by atoms with Gasteiger partial charge in [0.2, 0.25) is 10.0 Å². The molecule has 164 valence electrons. The third-order valence-electron chi connectivity index (χ3n) is 5.30. The fraction of sp³-hybridized carbons (Fsp3) is 0.318. The molecule has 0 N–H and O–H groups in total. The zero-order valence-electron chi connectivity index (χ0n) is 17.1. The monoisotopic (exact) mass is 495 g/mol. The van der Waals surface area contributed by atoms with Gasteiger partial charge >= 0.3 is 0 Å². The van der Waals surface area contributed by atoms with Gasteiger partial charge in [0.05, 0.1) is 10.7 Å². The molecule has 1 fully saturated rings. The predicted octanol–water partition coefficient (Wildman–Crippen LogP) is 5.58. The van der Waals surface area contributed by atoms with E-state index in [9.17, 15) is 8.42 Å². The van der Waals surface area contributed by atoms with Crippen molar-refractivity contribution in [2.24, 2.45) is 0 Å². The number of hydrogen-bond donors (Lipinski definition) is 0. The molecule has 0 amide bonds. The molecule has 2 aromatic carbocycles. The lowest BCUT2D eigenvalue weighted by molar-refractivity contribution is 0.385. The van der Waals surface area contributed by atoms with E-state index >= 15 is 0 Å². The summed E-state index contributed by atoms with van der Waals surface area (Å²) in [7, 11) is -3.66. The summed E-state index contributed by atoms with van der Waals surface area (Å²) >= 11 is 13.6. The largest absolute Gasteiger partial charge is 0.345 e. The van der Waals surface area contributed by atoms with Crippen molar-refractivity contribution in [3.63, 3.8) is 0 Å². The number of sulfonamides is 1. The Bertz CT molecular complexity index is 1160. The Morgan fingerprint density at radius 2 is 1.74 bits per heavy atom. The number of halogens is 2. The maximum absolute atomic E-state index is 13.0. The molecule has 5 nitrogen and oxygen atoms in total. The van der Waals surface area contributed by atoms with E-state index in [1.807, 2.05) is 0 Å². The lowest BCUT2D eigenvalue weighted by atomic mass is 10.1. The van der Waals surface area contributed by atoms with Gasteiger partial charge in [-0.2, -0.15) is 4.31 Å². The molecular formula is C22H23Cl2N3O2S2. The third kappa shape index (κ3) is 4.91. The van der Waals surface area contributed by atoms with Crippen LogP contribution in [0, 0.1) is 0 Å². The summed E-state index contributed by atoms with van der Waals surface area (Å²) < 4.78 is 27.5. The van der Waals surface area contributed by atoms with Crippen molar-refractivity contribution in [2.75, 3.05) is 31.1 Å². The highest BCUT2D eigenvalue weighted by Gasteiger charge is 2.31. The summed E-state index contributed by atoms with van der Waals surface area (Å²) in [6, 6.07) is 13.0. The Kier molecular flexibility index (Phi) is 6.89. The van der Waals surface area contributed by atoms with Crippen molar-refractivity contribution in [1.82, 2.24) is 9.29 Å². The summed E-state index contributed by atoms with van der Waals surface area (Å²) in [6.07, 6.45) is 2.21. The van der Waals surface area contributed by atoms with Crippen molar-refractivity contribution >= 4 is 49.7 Å². The number of aromatic nitrogens is 1. The van der Waals surface area contributed by atoms with Gasteiger partial charge in [0.25, 0.3) is 0 Å². The van der Waals surface area contributed by atoms with Crippen LogP contribution in [0.2, 0.25) is 10.0 Å². The molecule has 1 saturated heterocycles. The molecule has 3 aromatic rings. The molecule has 1 aliphatic heterocycles. The minimum Gasteiger partial charge on any atom is -0.345 e. The molecule has 0 bridgehead atoms. The van der Waals surface area contributed by atoms with Crippen LogP contribution in [0.5, 0.6) is 0 Å². The zero-order valence-corrected chi connectivity index (χ0v) is 20.2. The van der Waals surface area contributed by atoms with Crippen molar-refractivity contribution in [3.8, 4) is 11.3 Å². The molecule has 1 aliphatic rings. The zero-order chi connectivity index (χ0) is 22.0. The summed E-state index contributed by atoms with van der Waals surface area (Å²) in [6.45, 7) is 4.08. The highest BCUT2D eigenvalue weighted by molar-refractivity contribution is 7.89. The molecule has 0 atom stereocenters. The number of thiazole rings is 1. The average Bonchev–Trinajstić information content (AvgIpc) is 3.25. The average molecular weight is 496 g/mol. The molecule has 2 heterocycles. The number of aryl methyl sites for hydroxylation is 1. The van der Waals surface area contributed by atoms with E-state index in [1.54, 1.807) is 17.4 Å². The van der Waals surface area contributed by atoms with Crippen LogP contribution in [-0.4, -0.2) is 43.9 Å². The van der Waals surface area contributed by atoms with Gasteiger partial charge in [0, 0.05) is 42.1 Å². The quantitative estimate of drug-likeness (QED) is 0.447. The Morgan fingerprint density at radius 1 is 1.03 bits per heavy atom. The van der Waals surface area contributed by atoms with Crippen LogP contribution in [0.3, 0.4) is 0 Å². The number of piperazine rings is 1.